The van der Waals surface area contributed by atoms with Crippen LogP contribution in [0.3, 0.4) is 0 Å². The number of hydrogen-bond acceptors (Lipinski definition) is 4. The van der Waals surface area contributed by atoms with Crippen molar-refractivity contribution in [3.05, 3.63) is 11.3 Å². The van der Waals surface area contributed by atoms with Crippen molar-refractivity contribution in [3.8, 4) is 0 Å². The van der Waals surface area contributed by atoms with E-state index in [0.29, 0.717) is 13.1 Å². The number of H-pyrrole nitrogens is 1. The summed E-state index contributed by atoms with van der Waals surface area (Å²) in [5.41, 5.74) is 1.52. The second kappa shape index (κ2) is 7.02. The van der Waals surface area contributed by atoms with Crippen LogP contribution < -0.4 is 5.32 Å². The monoisotopic (exact) mass is 288 g/mol. The summed E-state index contributed by atoms with van der Waals surface area (Å²) >= 11 is 0. The highest BCUT2D eigenvalue weighted by atomic mass is 32.2. The van der Waals surface area contributed by atoms with Crippen LogP contribution in [-0.2, 0) is 16.6 Å². The Balaban J connectivity index is 3.00. The summed E-state index contributed by atoms with van der Waals surface area (Å²) in [6, 6.07) is 0. The van der Waals surface area contributed by atoms with E-state index in [2.05, 4.69) is 15.5 Å². The zero-order chi connectivity index (χ0) is 14.5. The van der Waals surface area contributed by atoms with Gasteiger partial charge in [0.15, 0.2) is 5.03 Å². The molecule has 0 aliphatic carbocycles. The molecule has 1 aromatic heterocycles. The number of unbranched alkanes of at least 4 members (excludes halogenated alkanes) is 1. The smallest absolute Gasteiger partial charge is 0.262 e. The Labute approximate surface area is 115 Å². The highest BCUT2D eigenvalue weighted by molar-refractivity contribution is 7.89. The molecule has 1 aromatic rings. The van der Waals surface area contributed by atoms with Crippen LogP contribution >= 0.6 is 0 Å². The molecular formula is C12H24N4O2S. The van der Waals surface area contributed by atoms with Crippen molar-refractivity contribution in [2.45, 2.75) is 45.2 Å². The zero-order valence-electron chi connectivity index (χ0n) is 12.2. The van der Waals surface area contributed by atoms with E-state index in [-0.39, 0.29) is 5.03 Å². The Kier molecular flexibility index (Phi) is 5.96. The van der Waals surface area contributed by atoms with Crippen LogP contribution in [0.4, 0.5) is 0 Å². The first-order valence-electron chi connectivity index (χ1n) is 6.66. The standard InChI is InChI=1S/C12H24N4O2S/c1-5-7-8-16(4)19(17,18)12-11(9-13-6-2)10(3)14-15-12/h13H,5-9H2,1-4H3,(H,14,15). The molecule has 0 saturated carbocycles. The molecule has 0 atom stereocenters. The van der Waals surface area contributed by atoms with E-state index in [1.165, 1.54) is 4.31 Å². The Morgan fingerprint density at radius 2 is 2.05 bits per heavy atom. The van der Waals surface area contributed by atoms with Crippen molar-refractivity contribution in [2.75, 3.05) is 20.1 Å². The lowest BCUT2D eigenvalue weighted by molar-refractivity contribution is 0.455. The van der Waals surface area contributed by atoms with Crippen LogP contribution in [0.5, 0.6) is 0 Å². The number of sulfonamides is 1. The van der Waals surface area contributed by atoms with Gasteiger partial charge in [-0.3, -0.25) is 5.10 Å². The van der Waals surface area contributed by atoms with Gasteiger partial charge in [0.05, 0.1) is 0 Å². The second-order valence-corrected chi connectivity index (χ2v) is 6.55. The van der Waals surface area contributed by atoms with Gasteiger partial charge in [-0.25, -0.2) is 8.42 Å². The van der Waals surface area contributed by atoms with Crippen LogP contribution in [0.25, 0.3) is 0 Å². The summed E-state index contributed by atoms with van der Waals surface area (Å²) < 4.78 is 26.3. The van der Waals surface area contributed by atoms with Gasteiger partial charge in [0, 0.05) is 31.4 Å². The average molecular weight is 288 g/mol. The Morgan fingerprint density at radius 3 is 2.63 bits per heavy atom. The summed E-state index contributed by atoms with van der Waals surface area (Å²) in [5, 5.41) is 10.0. The molecule has 0 unspecified atom stereocenters. The summed E-state index contributed by atoms with van der Waals surface area (Å²) in [4.78, 5) is 0. The second-order valence-electron chi connectivity index (χ2n) is 4.59. The number of aromatic amines is 1. The summed E-state index contributed by atoms with van der Waals surface area (Å²) in [6.45, 7) is 7.67. The number of rotatable bonds is 8. The Bertz CT molecular complexity index is 496. The van der Waals surface area contributed by atoms with Crippen LogP contribution in [0.15, 0.2) is 5.03 Å². The Hall–Kier alpha value is -0.920. The number of aromatic nitrogens is 2. The molecule has 6 nitrogen and oxygen atoms in total. The predicted octanol–water partition coefficient (Wildman–Crippen LogP) is 1.25. The normalized spacial score (nSPS) is 12.3. The van der Waals surface area contributed by atoms with E-state index in [9.17, 15) is 8.42 Å². The molecule has 1 heterocycles. The van der Waals surface area contributed by atoms with Crippen molar-refractivity contribution in [1.82, 2.24) is 19.8 Å². The molecule has 0 bridgehead atoms. The zero-order valence-corrected chi connectivity index (χ0v) is 13.0. The van der Waals surface area contributed by atoms with Gasteiger partial charge in [0.25, 0.3) is 10.0 Å². The van der Waals surface area contributed by atoms with Crippen LogP contribution in [-0.4, -0.2) is 43.1 Å². The van der Waals surface area contributed by atoms with Gasteiger partial charge >= 0.3 is 0 Å². The quantitative estimate of drug-likeness (QED) is 0.754. The fourth-order valence-electron chi connectivity index (χ4n) is 1.75. The summed E-state index contributed by atoms with van der Waals surface area (Å²) in [5.74, 6) is 0. The number of hydrogen-bond donors (Lipinski definition) is 2. The molecule has 0 fully saturated rings. The van der Waals surface area contributed by atoms with Crippen molar-refractivity contribution in [2.24, 2.45) is 0 Å². The maximum absolute atomic E-state index is 12.5. The van der Waals surface area contributed by atoms with Crippen molar-refractivity contribution in [3.63, 3.8) is 0 Å². The lowest BCUT2D eigenvalue weighted by atomic mass is 10.2. The fraction of sp³-hybridized carbons (Fsp3) is 0.750. The van der Waals surface area contributed by atoms with Gasteiger partial charge < -0.3 is 5.32 Å². The van der Waals surface area contributed by atoms with Gasteiger partial charge in [0.2, 0.25) is 0 Å². The first-order valence-corrected chi connectivity index (χ1v) is 8.10. The fourth-order valence-corrected chi connectivity index (χ4v) is 3.11. The molecule has 0 aliphatic heterocycles. The third kappa shape index (κ3) is 3.77. The van der Waals surface area contributed by atoms with Gasteiger partial charge in [-0.15, -0.1) is 0 Å². The van der Waals surface area contributed by atoms with Crippen LogP contribution in [0.1, 0.15) is 37.9 Å². The van der Waals surface area contributed by atoms with Crippen molar-refractivity contribution >= 4 is 10.0 Å². The molecule has 1 rings (SSSR count). The van der Waals surface area contributed by atoms with Gasteiger partial charge in [-0.1, -0.05) is 20.3 Å². The molecule has 0 saturated heterocycles. The minimum Gasteiger partial charge on any atom is -0.313 e. The lowest BCUT2D eigenvalue weighted by Gasteiger charge is -2.16. The van der Waals surface area contributed by atoms with Crippen molar-refractivity contribution < 1.29 is 8.42 Å². The minimum absolute atomic E-state index is 0.143. The van der Waals surface area contributed by atoms with E-state index in [1.807, 2.05) is 20.8 Å². The highest BCUT2D eigenvalue weighted by Gasteiger charge is 2.27. The molecule has 0 spiro atoms. The molecule has 7 heteroatoms. The number of nitrogens with zero attached hydrogens (tertiary/aromatic N) is 2. The molecule has 19 heavy (non-hydrogen) atoms. The molecule has 0 radical (unpaired) electrons. The van der Waals surface area contributed by atoms with Crippen molar-refractivity contribution in [1.29, 1.82) is 0 Å². The molecular weight excluding hydrogens is 264 g/mol. The van der Waals surface area contributed by atoms with Gasteiger partial charge in [-0.05, 0) is 19.9 Å². The SMILES string of the molecule is CCCCN(C)S(=O)(=O)c1n[nH]c(C)c1CNCC. The molecule has 0 aliphatic rings. The summed E-state index contributed by atoms with van der Waals surface area (Å²) in [6.07, 6.45) is 1.81. The van der Waals surface area contributed by atoms with E-state index < -0.39 is 10.0 Å². The first-order chi connectivity index (χ1) is 8.95. The van der Waals surface area contributed by atoms with Gasteiger partial charge in [0.1, 0.15) is 0 Å². The maximum atomic E-state index is 12.5. The third-order valence-corrected chi connectivity index (χ3v) is 4.90. The first kappa shape index (κ1) is 16.1. The lowest BCUT2D eigenvalue weighted by Crippen LogP contribution is -2.29. The van der Waals surface area contributed by atoms with E-state index in [1.54, 1.807) is 7.05 Å². The van der Waals surface area contributed by atoms with Crippen LogP contribution in [0.2, 0.25) is 0 Å². The average Bonchev–Trinajstić information content (AvgIpc) is 2.75. The number of nitrogens with one attached hydrogen (secondary N) is 2. The minimum atomic E-state index is -3.50. The molecule has 110 valence electrons. The summed E-state index contributed by atoms with van der Waals surface area (Å²) in [7, 11) is -1.90. The highest BCUT2D eigenvalue weighted by Crippen LogP contribution is 2.19. The molecule has 0 amide bonds. The maximum Gasteiger partial charge on any atom is 0.262 e. The number of aryl methyl sites for hydroxylation is 1. The largest absolute Gasteiger partial charge is 0.313 e. The topological polar surface area (TPSA) is 78.1 Å². The van der Waals surface area contributed by atoms with Gasteiger partial charge in [-0.2, -0.15) is 9.40 Å². The van der Waals surface area contributed by atoms with Crippen LogP contribution in [0, 0.1) is 6.92 Å². The Morgan fingerprint density at radius 1 is 1.37 bits per heavy atom. The van der Waals surface area contributed by atoms with E-state index in [0.717, 1.165) is 30.6 Å². The molecule has 2 N–H and O–H groups in total. The molecule has 0 aromatic carbocycles. The third-order valence-electron chi connectivity index (χ3n) is 3.07. The van der Waals surface area contributed by atoms with E-state index >= 15 is 0 Å². The predicted molar refractivity (Wildman–Crippen MR) is 75.4 cm³/mol. The van der Waals surface area contributed by atoms with E-state index in [4.69, 9.17) is 0 Å².